The fourth-order valence-corrected chi connectivity index (χ4v) is 9.28. The van der Waals surface area contributed by atoms with Gasteiger partial charge in [-0.05, 0) is 111 Å². The van der Waals surface area contributed by atoms with Gasteiger partial charge < -0.3 is 9.32 Å². The van der Waals surface area contributed by atoms with Crippen LogP contribution in [0.5, 0.6) is 0 Å². The first-order valence-electron chi connectivity index (χ1n) is 20.0. The highest BCUT2D eigenvalue weighted by Gasteiger charge is 2.42. The Hall–Kier alpha value is -7.42. The molecule has 2 nitrogen and oxygen atoms in total. The molecule has 0 bridgehead atoms. The maximum Gasteiger partial charge on any atom is 0.139 e. The normalized spacial score (nSPS) is 12.7. The van der Waals surface area contributed by atoms with E-state index in [-0.39, 0.29) is 5.41 Å². The molecule has 2 heteroatoms. The predicted molar refractivity (Wildman–Crippen MR) is 242 cm³/mol. The van der Waals surface area contributed by atoms with Crippen LogP contribution >= 0.6 is 0 Å². The smallest absolute Gasteiger partial charge is 0.139 e. The average molecular weight is 742 g/mol. The standard InChI is InChI=1S/C56H39NO/c1-56(51-25-13-11-22-47(51)48-23-12-14-26-52(48)56)53-27-15-24-49-50-37-45(32-33-54(50)58-55(49)53)57(44-30-28-41(29-31-44)38-16-5-2-6-17-38)46-35-42(39-18-7-3-8-19-39)34-43(36-46)40-20-9-4-10-21-40/h2-37H,1H3. The van der Waals surface area contributed by atoms with E-state index in [1.165, 1.54) is 50.1 Å². The molecule has 0 unspecified atom stereocenters. The molecule has 0 spiro atoms. The van der Waals surface area contributed by atoms with Gasteiger partial charge >= 0.3 is 0 Å². The van der Waals surface area contributed by atoms with Crippen molar-refractivity contribution in [3.05, 3.63) is 235 Å². The van der Waals surface area contributed by atoms with E-state index in [1.54, 1.807) is 0 Å². The molecule has 1 aromatic heterocycles. The Kier molecular flexibility index (Phi) is 7.97. The quantitative estimate of drug-likeness (QED) is 0.162. The van der Waals surface area contributed by atoms with Gasteiger partial charge in [0.1, 0.15) is 11.2 Å². The lowest BCUT2D eigenvalue weighted by molar-refractivity contribution is 0.638. The van der Waals surface area contributed by atoms with Crippen molar-refractivity contribution in [3.8, 4) is 44.5 Å². The third kappa shape index (κ3) is 5.49. The van der Waals surface area contributed by atoms with Crippen molar-refractivity contribution in [2.45, 2.75) is 12.3 Å². The summed E-state index contributed by atoms with van der Waals surface area (Å²) in [5.74, 6) is 0. The molecule has 11 rings (SSSR count). The molecule has 274 valence electrons. The highest BCUT2D eigenvalue weighted by atomic mass is 16.3. The predicted octanol–water partition coefficient (Wildman–Crippen LogP) is 15.4. The zero-order valence-corrected chi connectivity index (χ0v) is 32.1. The first kappa shape index (κ1) is 33.9. The second kappa shape index (κ2) is 13.7. The second-order valence-electron chi connectivity index (χ2n) is 15.4. The minimum atomic E-state index is -0.373. The van der Waals surface area contributed by atoms with Gasteiger partial charge in [-0.1, -0.05) is 170 Å². The van der Waals surface area contributed by atoms with E-state index in [2.05, 4.69) is 230 Å². The zero-order valence-electron chi connectivity index (χ0n) is 32.1. The molecule has 1 aliphatic rings. The van der Waals surface area contributed by atoms with Crippen molar-refractivity contribution in [1.29, 1.82) is 0 Å². The van der Waals surface area contributed by atoms with Crippen LogP contribution in [0.3, 0.4) is 0 Å². The highest BCUT2D eigenvalue weighted by Crippen LogP contribution is 2.54. The minimum Gasteiger partial charge on any atom is -0.456 e. The molecule has 1 aliphatic carbocycles. The molecule has 0 atom stereocenters. The van der Waals surface area contributed by atoms with Crippen molar-refractivity contribution in [2.24, 2.45) is 0 Å². The first-order valence-corrected chi connectivity index (χ1v) is 20.0. The van der Waals surface area contributed by atoms with Crippen LogP contribution < -0.4 is 4.90 Å². The molecular formula is C56H39NO. The van der Waals surface area contributed by atoms with Crippen LogP contribution in [0.2, 0.25) is 0 Å². The molecule has 0 saturated heterocycles. The lowest BCUT2D eigenvalue weighted by Crippen LogP contribution is -2.22. The van der Waals surface area contributed by atoms with Gasteiger partial charge in [0, 0.05) is 38.8 Å². The van der Waals surface area contributed by atoms with Gasteiger partial charge in [0.25, 0.3) is 0 Å². The van der Waals surface area contributed by atoms with Crippen LogP contribution in [0.15, 0.2) is 223 Å². The fraction of sp³-hybridized carbons (Fsp3) is 0.0357. The monoisotopic (exact) mass is 741 g/mol. The molecule has 0 saturated carbocycles. The molecule has 9 aromatic carbocycles. The molecule has 10 aromatic rings. The van der Waals surface area contributed by atoms with E-state index in [9.17, 15) is 0 Å². The van der Waals surface area contributed by atoms with Gasteiger partial charge in [0.15, 0.2) is 0 Å². The van der Waals surface area contributed by atoms with E-state index in [0.29, 0.717) is 0 Å². The average Bonchev–Trinajstić information content (AvgIpc) is 3.80. The Morgan fingerprint density at radius 1 is 0.345 bits per heavy atom. The van der Waals surface area contributed by atoms with Crippen molar-refractivity contribution in [1.82, 2.24) is 0 Å². The summed E-state index contributed by atoms with van der Waals surface area (Å²) in [5, 5.41) is 2.20. The summed E-state index contributed by atoms with van der Waals surface area (Å²) < 4.78 is 6.94. The largest absolute Gasteiger partial charge is 0.456 e. The van der Waals surface area contributed by atoms with Gasteiger partial charge in [0.05, 0.1) is 0 Å². The van der Waals surface area contributed by atoms with Crippen molar-refractivity contribution in [2.75, 3.05) is 4.90 Å². The lowest BCUT2D eigenvalue weighted by atomic mass is 9.74. The van der Waals surface area contributed by atoms with Crippen LogP contribution in [-0.2, 0) is 5.41 Å². The maximum atomic E-state index is 6.94. The molecule has 0 fully saturated rings. The van der Waals surface area contributed by atoms with E-state index >= 15 is 0 Å². The molecule has 0 radical (unpaired) electrons. The summed E-state index contributed by atoms with van der Waals surface area (Å²) in [5.41, 5.74) is 18.0. The Balaban J connectivity index is 1.12. The molecule has 0 N–H and O–H groups in total. The summed E-state index contributed by atoms with van der Waals surface area (Å²) in [6.45, 7) is 2.36. The minimum absolute atomic E-state index is 0.373. The van der Waals surface area contributed by atoms with Gasteiger partial charge in [-0.15, -0.1) is 0 Å². The highest BCUT2D eigenvalue weighted by molar-refractivity contribution is 6.08. The SMILES string of the molecule is CC1(c2cccc3c2oc2ccc(N(c4ccc(-c5ccccc5)cc4)c4cc(-c5ccccc5)cc(-c5ccccc5)c4)cc23)c2ccccc2-c2ccccc21. The van der Waals surface area contributed by atoms with Gasteiger partial charge in [-0.25, -0.2) is 0 Å². The number of rotatable bonds is 7. The summed E-state index contributed by atoms with van der Waals surface area (Å²) >= 11 is 0. The topological polar surface area (TPSA) is 16.4 Å². The Labute approximate surface area is 338 Å². The number of benzene rings is 9. The van der Waals surface area contributed by atoms with Crippen LogP contribution in [0.1, 0.15) is 23.6 Å². The summed E-state index contributed by atoms with van der Waals surface area (Å²) in [7, 11) is 0. The van der Waals surface area contributed by atoms with Crippen molar-refractivity contribution >= 4 is 39.0 Å². The number of anilines is 3. The van der Waals surface area contributed by atoms with Crippen LogP contribution in [0.25, 0.3) is 66.4 Å². The number of fused-ring (bicyclic) bond motifs is 6. The van der Waals surface area contributed by atoms with E-state index in [4.69, 9.17) is 4.42 Å². The molecule has 0 aliphatic heterocycles. The van der Waals surface area contributed by atoms with E-state index in [1.807, 2.05) is 0 Å². The molecule has 0 amide bonds. The maximum absolute atomic E-state index is 6.94. The number of hydrogen-bond acceptors (Lipinski definition) is 2. The summed E-state index contributed by atoms with van der Waals surface area (Å²) in [6.07, 6.45) is 0. The van der Waals surface area contributed by atoms with Crippen molar-refractivity contribution in [3.63, 3.8) is 0 Å². The van der Waals surface area contributed by atoms with Gasteiger partial charge in [-0.3, -0.25) is 0 Å². The first-order chi connectivity index (χ1) is 28.6. The summed E-state index contributed by atoms with van der Waals surface area (Å²) in [6, 6.07) is 78.8. The van der Waals surface area contributed by atoms with Crippen LogP contribution in [-0.4, -0.2) is 0 Å². The van der Waals surface area contributed by atoms with Crippen LogP contribution in [0.4, 0.5) is 17.1 Å². The van der Waals surface area contributed by atoms with Crippen LogP contribution in [0, 0.1) is 0 Å². The number of para-hydroxylation sites is 1. The number of furan rings is 1. The lowest BCUT2D eigenvalue weighted by Gasteiger charge is -2.28. The Morgan fingerprint density at radius 2 is 0.828 bits per heavy atom. The third-order valence-corrected chi connectivity index (χ3v) is 12.1. The Morgan fingerprint density at radius 3 is 1.41 bits per heavy atom. The molecule has 58 heavy (non-hydrogen) atoms. The Bertz CT molecular complexity index is 3000. The third-order valence-electron chi connectivity index (χ3n) is 12.1. The number of nitrogens with zero attached hydrogens (tertiary/aromatic N) is 1. The fourth-order valence-electron chi connectivity index (χ4n) is 9.28. The van der Waals surface area contributed by atoms with Gasteiger partial charge in [-0.2, -0.15) is 0 Å². The molecule has 1 heterocycles. The second-order valence-corrected chi connectivity index (χ2v) is 15.4. The molecular weight excluding hydrogens is 703 g/mol. The zero-order chi connectivity index (χ0) is 38.6. The summed E-state index contributed by atoms with van der Waals surface area (Å²) in [4.78, 5) is 2.39. The number of hydrogen-bond donors (Lipinski definition) is 0. The van der Waals surface area contributed by atoms with Gasteiger partial charge in [0.2, 0.25) is 0 Å². The van der Waals surface area contributed by atoms with E-state index in [0.717, 1.165) is 50.1 Å². The van der Waals surface area contributed by atoms with E-state index < -0.39 is 0 Å². The van der Waals surface area contributed by atoms with Crippen molar-refractivity contribution < 1.29 is 4.42 Å².